The van der Waals surface area contributed by atoms with Crippen LogP contribution >= 0.6 is 0 Å². The molecule has 1 aliphatic rings. The standard InChI is InChI=1S/C26H27NO6/c1-3-31-26(30)19-10-7-13-27(16-19)25(29)17(2)32-20-11-12-21-22(18-8-5-4-6-9-18)15-24(28)33-23(21)14-20/h4-6,8-9,11-12,14-15,17,19H,3,7,10,13,16H2,1-2H3/t17?,19-/m0/s1. The molecule has 0 N–H and O–H groups in total. The molecule has 7 nitrogen and oxygen atoms in total. The zero-order valence-corrected chi connectivity index (χ0v) is 18.8. The summed E-state index contributed by atoms with van der Waals surface area (Å²) in [5, 5.41) is 0.778. The average Bonchev–Trinajstić information content (AvgIpc) is 2.83. The maximum absolute atomic E-state index is 13.0. The van der Waals surface area contributed by atoms with E-state index >= 15 is 0 Å². The fourth-order valence-corrected chi connectivity index (χ4v) is 4.21. The Morgan fingerprint density at radius 1 is 1.15 bits per heavy atom. The van der Waals surface area contributed by atoms with Crippen LogP contribution in [0, 0.1) is 5.92 Å². The molecule has 1 unspecified atom stereocenters. The van der Waals surface area contributed by atoms with Crippen molar-refractivity contribution in [2.75, 3.05) is 19.7 Å². The predicted molar refractivity (Wildman–Crippen MR) is 124 cm³/mol. The minimum atomic E-state index is -0.757. The van der Waals surface area contributed by atoms with E-state index in [-0.39, 0.29) is 17.8 Å². The first-order chi connectivity index (χ1) is 16.0. The Bertz CT molecular complexity index is 1200. The van der Waals surface area contributed by atoms with Crippen molar-refractivity contribution in [1.82, 2.24) is 4.90 Å². The lowest BCUT2D eigenvalue weighted by atomic mass is 9.98. The van der Waals surface area contributed by atoms with Gasteiger partial charge in [-0.05, 0) is 49.9 Å². The quantitative estimate of drug-likeness (QED) is 0.417. The summed E-state index contributed by atoms with van der Waals surface area (Å²) in [5.74, 6) is -0.331. The number of nitrogens with zero attached hydrogens (tertiary/aromatic N) is 1. The van der Waals surface area contributed by atoms with Crippen LogP contribution in [0.4, 0.5) is 0 Å². The van der Waals surface area contributed by atoms with Crippen LogP contribution in [0.1, 0.15) is 26.7 Å². The van der Waals surface area contributed by atoms with Gasteiger partial charge in [0.05, 0.1) is 12.5 Å². The van der Waals surface area contributed by atoms with Crippen LogP contribution in [-0.2, 0) is 14.3 Å². The molecule has 172 valence electrons. The third-order valence-electron chi connectivity index (χ3n) is 5.81. The molecule has 0 aliphatic carbocycles. The lowest BCUT2D eigenvalue weighted by molar-refractivity contribution is -0.152. The van der Waals surface area contributed by atoms with E-state index in [4.69, 9.17) is 13.9 Å². The van der Waals surface area contributed by atoms with Gasteiger partial charge < -0.3 is 18.8 Å². The molecular formula is C26H27NO6. The van der Waals surface area contributed by atoms with Crippen LogP contribution < -0.4 is 10.4 Å². The number of benzene rings is 2. The van der Waals surface area contributed by atoms with Gasteiger partial charge in [0, 0.05) is 30.6 Å². The summed E-state index contributed by atoms with van der Waals surface area (Å²) in [6, 6.07) is 16.3. The normalized spacial score (nSPS) is 16.9. The summed E-state index contributed by atoms with van der Waals surface area (Å²) in [7, 11) is 0. The molecule has 2 aromatic carbocycles. The summed E-state index contributed by atoms with van der Waals surface area (Å²) in [6.45, 7) is 4.69. The van der Waals surface area contributed by atoms with E-state index in [0.717, 1.165) is 22.9 Å². The lowest BCUT2D eigenvalue weighted by Gasteiger charge is -2.33. The van der Waals surface area contributed by atoms with Crippen LogP contribution in [0.15, 0.2) is 63.8 Å². The van der Waals surface area contributed by atoms with E-state index in [1.54, 1.807) is 30.9 Å². The minimum Gasteiger partial charge on any atom is -0.481 e. The maximum atomic E-state index is 13.0. The van der Waals surface area contributed by atoms with E-state index in [0.29, 0.717) is 37.4 Å². The summed E-state index contributed by atoms with van der Waals surface area (Å²) < 4.78 is 16.4. The molecular weight excluding hydrogens is 422 g/mol. The van der Waals surface area contributed by atoms with E-state index in [2.05, 4.69) is 0 Å². The molecule has 1 amide bonds. The largest absolute Gasteiger partial charge is 0.481 e. The second kappa shape index (κ2) is 9.90. The lowest BCUT2D eigenvalue weighted by Crippen LogP contribution is -2.47. The fourth-order valence-electron chi connectivity index (χ4n) is 4.21. The van der Waals surface area contributed by atoms with E-state index in [9.17, 15) is 14.4 Å². The van der Waals surface area contributed by atoms with Crippen molar-refractivity contribution >= 4 is 22.8 Å². The Morgan fingerprint density at radius 2 is 1.94 bits per heavy atom. The summed E-state index contributed by atoms with van der Waals surface area (Å²) in [5.41, 5.74) is 1.62. The second-order valence-corrected chi connectivity index (χ2v) is 8.14. The van der Waals surface area contributed by atoms with Gasteiger partial charge in [0.25, 0.3) is 5.91 Å². The smallest absolute Gasteiger partial charge is 0.336 e. The van der Waals surface area contributed by atoms with E-state index < -0.39 is 11.7 Å². The molecule has 2 heterocycles. The van der Waals surface area contributed by atoms with E-state index in [1.165, 1.54) is 6.07 Å². The minimum absolute atomic E-state index is 0.191. The first-order valence-corrected chi connectivity index (χ1v) is 11.2. The highest BCUT2D eigenvalue weighted by Crippen LogP contribution is 2.30. The van der Waals surface area contributed by atoms with Gasteiger partial charge in [-0.2, -0.15) is 0 Å². The van der Waals surface area contributed by atoms with Gasteiger partial charge >= 0.3 is 11.6 Å². The van der Waals surface area contributed by atoms with E-state index in [1.807, 2.05) is 36.4 Å². The molecule has 1 aromatic heterocycles. The summed E-state index contributed by atoms with van der Waals surface area (Å²) in [6.07, 6.45) is 0.698. The van der Waals surface area contributed by atoms with Crippen LogP contribution in [0.25, 0.3) is 22.1 Å². The molecule has 0 radical (unpaired) electrons. The van der Waals surface area contributed by atoms with Crippen LogP contribution in [0.5, 0.6) is 5.75 Å². The molecule has 0 saturated carbocycles. The predicted octanol–water partition coefficient (Wildman–Crippen LogP) is 4.03. The van der Waals surface area contributed by atoms with Crippen LogP contribution in [-0.4, -0.2) is 42.6 Å². The number of carbonyl (C=O) groups excluding carboxylic acids is 2. The molecule has 1 fully saturated rings. The highest BCUT2D eigenvalue weighted by molar-refractivity contribution is 5.93. The SMILES string of the molecule is CCOC(=O)[C@H]1CCCN(C(=O)C(C)Oc2ccc3c(-c4ccccc4)cc(=O)oc3c2)C1. The Hall–Kier alpha value is -3.61. The van der Waals surface area contributed by atoms with Crippen molar-refractivity contribution in [3.63, 3.8) is 0 Å². The van der Waals surface area contributed by atoms with Crippen molar-refractivity contribution in [2.45, 2.75) is 32.8 Å². The van der Waals surface area contributed by atoms with Crippen LogP contribution in [0.3, 0.4) is 0 Å². The van der Waals surface area contributed by atoms with Gasteiger partial charge in [0.1, 0.15) is 11.3 Å². The van der Waals surface area contributed by atoms with Gasteiger partial charge in [0.2, 0.25) is 0 Å². The number of fused-ring (bicyclic) bond motifs is 1. The molecule has 33 heavy (non-hydrogen) atoms. The van der Waals surface area contributed by atoms with Crippen molar-refractivity contribution < 1.29 is 23.5 Å². The molecule has 1 aliphatic heterocycles. The second-order valence-electron chi connectivity index (χ2n) is 8.14. The van der Waals surface area contributed by atoms with Crippen molar-refractivity contribution in [3.8, 4) is 16.9 Å². The zero-order valence-electron chi connectivity index (χ0n) is 18.8. The Balaban J connectivity index is 1.51. The zero-order chi connectivity index (χ0) is 23.4. The molecule has 0 spiro atoms. The summed E-state index contributed by atoms with van der Waals surface area (Å²) >= 11 is 0. The summed E-state index contributed by atoms with van der Waals surface area (Å²) in [4.78, 5) is 38.9. The molecule has 0 bridgehead atoms. The van der Waals surface area contributed by atoms with Gasteiger partial charge in [-0.25, -0.2) is 4.79 Å². The number of esters is 1. The fraction of sp³-hybridized carbons (Fsp3) is 0.346. The number of likely N-dealkylation sites (tertiary alicyclic amines) is 1. The van der Waals surface area contributed by atoms with Crippen LogP contribution in [0.2, 0.25) is 0 Å². The number of hydrogen-bond donors (Lipinski definition) is 0. The molecule has 3 aromatic rings. The first-order valence-electron chi connectivity index (χ1n) is 11.2. The monoisotopic (exact) mass is 449 g/mol. The third-order valence-corrected chi connectivity index (χ3v) is 5.81. The first kappa shape index (κ1) is 22.6. The van der Waals surface area contributed by atoms with Gasteiger partial charge in [-0.15, -0.1) is 0 Å². The molecule has 4 rings (SSSR count). The number of amides is 1. The van der Waals surface area contributed by atoms with Crippen molar-refractivity contribution in [3.05, 3.63) is 65.0 Å². The molecule has 1 saturated heterocycles. The third kappa shape index (κ3) is 5.08. The Kier molecular flexibility index (Phi) is 6.77. The highest BCUT2D eigenvalue weighted by atomic mass is 16.5. The van der Waals surface area contributed by atoms with Gasteiger partial charge in [-0.3, -0.25) is 9.59 Å². The van der Waals surface area contributed by atoms with Crippen molar-refractivity contribution in [1.29, 1.82) is 0 Å². The highest BCUT2D eigenvalue weighted by Gasteiger charge is 2.32. The average molecular weight is 450 g/mol. The van der Waals surface area contributed by atoms with Crippen molar-refractivity contribution in [2.24, 2.45) is 5.92 Å². The maximum Gasteiger partial charge on any atom is 0.336 e. The van der Waals surface area contributed by atoms with Gasteiger partial charge in [-0.1, -0.05) is 30.3 Å². The number of ether oxygens (including phenoxy) is 2. The number of rotatable bonds is 6. The number of piperidine rings is 1. The van der Waals surface area contributed by atoms with Gasteiger partial charge in [0.15, 0.2) is 6.10 Å². The topological polar surface area (TPSA) is 86.0 Å². The molecule has 7 heteroatoms. The number of hydrogen-bond acceptors (Lipinski definition) is 6. The molecule has 2 atom stereocenters. The Labute approximate surface area is 191 Å². The Morgan fingerprint density at radius 3 is 2.70 bits per heavy atom. The number of carbonyl (C=O) groups is 2.